The lowest BCUT2D eigenvalue weighted by molar-refractivity contribution is 0.211. The highest BCUT2D eigenvalue weighted by Gasteiger charge is 2.23. The minimum absolute atomic E-state index is 0.208. The summed E-state index contributed by atoms with van der Waals surface area (Å²) >= 11 is 0. The van der Waals surface area contributed by atoms with Gasteiger partial charge in [0, 0.05) is 13.1 Å². The molecule has 2 rings (SSSR count). The predicted molar refractivity (Wildman–Crippen MR) is 83.1 cm³/mol. The van der Waals surface area contributed by atoms with Crippen LogP contribution >= 0.6 is 0 Å². The number of likely N-dealkylation sites (tertiary alicyclic amines) is 1. The van der Waals surface area contributed by atoms with Crippen LogP contribution < -0.4 is 9.46 Å². The molecular weight excluding hydrogens is 288 g/mol. The van der Waals surface area contributed by atoms with Gasteiger partial charge in [0.2, 0.25) is 10.0 Å². The third-order valence-corrected chi connectivity index (χ3v) is 5.36. The molecule has 1 aliphatic heterocycles. The van der Waals surface area contributed by atoms with Gasteiger partial charge in [-0.1, -0.05) is 6.07 Å². The van der Waals surface area contributed by atoms with Gasteiger partial charge >= 0.3 is 0 Å². The fourth-order valence-electron chi connectivity index (χ4n) is 2.74. The van der Waals surface area contributed by atoms with Crippen molar-refractivity contribution in [3.8, 4) is 5.75 Å². The van der Waals surface area contributed by atoms with Crippen molar-refractivity contribution in [3.63, 3.8) is 0 Å². The Kier molecular flexibility index (Phi) is 5.24. The summed E-state index contributed by atoms with van der Waals surface area (Å²) in [6, 6.07) is 5.12. The van der Waals surface area contributed by atoms with Gasteiger partial charge in [0.15, 0.2) is 0 Å². The standard InChI is InChI=1S/C15H24N2O3S/c1-12-6-7-15(14(9-12)20-3)21(18,19)16-10-13-5-4-8-17(2)11-13/h6-7,9,13,16H,4-5,8,10-11H2,1-3H3/t13-/m1/s1. The van der Waals surface area contributed by atoms with Gasteiger partial charge in [-0.15, -0.1) is 0 Å². The Morgan fingerprint density at radius 2 is 2.19 bits per heavy atom. The average Bonchev–Trinajstić information content (AvgIpc) is 2.45. The highest BCUT2D eigenvalue weighted by Crippen LogP contribution is 2.25. The molecule has 1 atom stereocenters. The van der Waals surface area contributed by atoms with Gasteiger partial charge in [0.05, 0.1) is 7.11 Å². The van der Waals surface area contributed by atoms with Crippen molar-refractivity contribution in [2.45, 2.75) is 24.7 Å². The van der Waals surface area contributed by atoms with E-state index in [1.54, 1.807) is 18.2 Å². The Morgan fingerprint density at radius 1 is 1.43 bits per heavy atom. The molecule has 6 heteroatoms. The van der Waals surface area contributed by atoms with Crippen molar-refractivity contribution in [2.75, 3.05) is 33.8 Å². The molecule has 5 nitrogen and oxygen atoms in total. The number of nitrogens with one attached hydrogen (secondary N) is 1. The van der Waals surface area contributed by atoms with Crippen LogP contribution in [0.1, 0.15) is 18.4 Å². The van der Waals surface area contributed by atoms with Crippen LogP contribution in [0.15, 0.2) is 23.1 Å². The second-order valence-corrected chi connectivity index (χ2v) is 7.51. The Hall–Kier alpha value is -1.11. The van der Waals surface area contributed by atoms with Crippen LogP contribution in [-0.4, -0.2) is 47.1 Å². The molecule has 1 fully saturated rings. The van der Waals surface area contributed by atoms with Gasteiger partial charge in [0.1, 0.15) is 10.6 Å². The molecule has 0 amide bonds. The Balaban J connectivity index is 2.08. The fraction of sp³-hybridized carbons (Fsp3) is 0.600. The lowest BCUT2D eigenvalue weighted by Crippen LogP contribution is -2.39. The molecule has 0 bridgehead atoms. The van der Waals surface area contributed by atoms with Gasteiger partial charge in [-0.2, -0.15) is 0 Å². The van der Waals surface area contributed by atoms with Crippen molar-refractivity contribution in [1.29, 1.82) is 0 Å². The molecule has 1 saturated heterocycles. The molecule has 1 heterocycles. The number of benzene rings is 1. The summed E-state index contributed by atoms with van der Waals surface area (Å²) in [5.41, 5.74) is 0.972. The largest absolute Gasteiger partial charge is 0.495 e. The van der Waals surface area contributed by atoms with E-state index in [0.717, 1.165) is 31.5 Å². The van der Waals surface area contributed by atoms with Gasteiger partial charge in [-0.25, -0.2) is 13.1 Å². The van der Waals surface area contributed by atoms with Crippen molar-refractivity contribution in [3.05, 3.63) is 23.8 Å². The van der Waals surface area contributed by atoms with Crippen LogP contribution in [0.4, 0.5) is 0 Å². The highest BCUT2D eigenvalue weighted by molar-refractivity contribution is 7.89. The molecule has 0 aromatic heterocycles. The van der Waals surface area contributed by atoms with Gasteiger partial charge < -0.3 is 9.64 Å². The minimum atomic E-state index is -3.53. The lowest BCUT2D eigenvalue weighted by Gasteiger charge is -2.29. The maximum Gasteiger partial charge on any atom is 0.244 e. The maximum absolute atomic E-state index is 12.4. The van der Waals surface area contributed by atoms with Crippen LogP contribution in [0.3, 0.4) is 0 Å². The van der Waals surface area contributed by atoms with Crippen molar-refractivity contribution < 1.29 is 13.2 Å². The summed E-state index contributed by atoms with van der Waals surface area (Å²) < 4.78 is 32.8. The van der Waals surface area contributed by atoms with E-state index in [1.165, 1.54) is 7.11 Å². The van der Waals surface area contributed by atoms with E-state index < -0.39 is 10.0 Å². The summed E-state index contributed by atoms with van der Waals surface area (Å²) in [7, 11) is 0.0329. The summed E-state index contributed by atoms with van der Waals surface area (Å²) in [6.45, 7) is 4.41. The molecule has 0 spiro atoms. The van der Waals surface area contributed by atoms with Crippen LogP contribution in [0.25, 0.3) is 0 Å². The van der Waals surface area contributed by atoms with Crippen LogP contribution in [0.2, 0.25) is 0 Å². The molecule has 0 saturated carbocycles. The predicted octanol–water partition coefficient (Wildman–Crippen LogP) is 1.62. The number of rotatable bonds is 5. The number of nitrogens with zero attached hydrogens (tertiary/aromatic N) is 1. The van der Waals surface area contributed by atoms with Crippen LogP contribution in [-0.2, 0) is 10.0 Å². The normalized spacial score (nSPS) is 20.4. The van der Waals surface area contributed by atoms with E-state index in [2.05, 4.69) is 16.7 Å². The first-order chi connectivity index (χ1) is 9.92. The molecule has 21 heavy (non-hydrogen) atoms. The van der Waals surface area contributed by atoms with Gasteiger partial charge in [0.25, 0.3) is 0 Å². The van der Waals surface area contributed by atoms with Crippen LogP contribution in [0, 0.1) is 12.8 Å². The topological polar surface area (TPSA) is 58.6 Å². The van der Waals surface area contributed by atoms with Gasteiger partial charge in [-0.3, -0.25) is 0 Å². The number of sulfonamides is 1. The number of ether oxygens (including phenoxy) is 1. The zero-order valence-electron chi connectivity index (χ0n) is 12.9. The number of hydrogen-bond donors (Lipinski definition) is 1. The van der Waals surface area contributed by atoms with E-state index in [0.29, 0.717) is 18.2 Å². The second-order valence-electron chi connectivity index (χ2n) is 5.78. The molecule has 1 aromatic carbocycles. The molecular formula is C15H24N2O3S. The third kappa shape index (κ3) is 4.18. The first-order valence-corrected chi connectivity index (χ1v) is 8.73. The molecule has 1 aliphatic rings. The number of hydrogen-bond acceptors (Lipinski definition) is 4. The van der Waals surface area contributed by atoms with Crippen molar-refractivity contribution >= 4 is 10.0 Å². The lowest BCUT2D eigenvalue weighted by atomic mass is 9.99. The molecule has 1 N–H and O–H groups in total. The Labute approximate surface area is 127 Å². The highest BCUT2D eigenvalue weighted by atomic mass is 32.2. The summed E-state index contributed by atoms with van der Waals surface area (Å²) in [5.74, 6) is 0.762. The number of piperidine rings is 1. The zero-order valence-corrected chi connectivity index (χ0v) is 13.7. The van der Waals surface area contributed by atoms with E-state index in [4.69, 9.17) is 4.74 Å². The monoisotopic (exact) mass is 312 g/mol. The quantitative estimate of drug-likeness (QED) is 0.898. The zero-order chi connectivity index (χ0) is 15.5. The smallest absolute Gasteiger partial charge is 0.244 e. The fourth-order valence-corrected chi connectivity index (χ4v) is 4.01. The number of aryl methyl sites for hydroxylation is 1. The van der Waals surface area contributed by atoms with Crippen LogP contribution in [0.5, 0.6) is 5.75 Å². The minimum Gasteiger partial charge on any atom is -0.495 e. The van der Waals surface area contributed by atoms with E-state index in [9.17, 15) is 8.42 Å². The molecule has 0 radical (unpaired) electrons. The number of methoxy groups -OCH3 is 1. The molecule has 1 aromatic rings. The SMILES string of the molecule is COc1cc(C)ccc1S(=O)(=O)NC[C@H]1CCCN(C)C1. The summed E-state index contributed by atoms with van der Waals surface area (Å²) in [4.78, 5) is 2.45. The summed E-state index contributed by atoms with van der Waals surface area (Å²) in [6.07, 6.45) is 2.19. The maximum atomic E-state index is 12.4. The van der Waals surface area contributed by atoms with Crippen molar-refractivity contribution in [1.82, 2.24) is 9.62 Å². The van der Waals surface area contributed by atoms with E-state index >= 15 is 0 Å². The first-order valence-electron chi connectivity index (χ1n) is 7.25. The first kappa shape index (κ1) is 16.3. The van der Waals surface area contributed by atoms with Crippen molar-refractivity contribution in [2.24, 2.45) is 5.92 Å². The Morgan fingerprint density at radius 3 is 2.86 bits per heavy atom. The second kappa shape index (κ2) is 6.77. The molecule has 0 aliphatic carbocycles. The molecule has 0 unspecified atom stereocenters. The average molecular weight is 312 g/mol. The van der Waals surface area contributed by atoms with E-state index in [1.807, 2.05) is 6.92 Å². The van der Waals surface area contributed by atoms with E-state index in [-0.39, 0.29) is 4.90 Å². The van der Waals surface area contributed by atoms with Gasteiger partial charge in [-0.05, 0) is 57.0 Å². The Bertz CT molecular complexity index is 587. The third-order valence-electron chi connectivity index (χ3n) is 3.89. The summed E-state index contributed by atoms with van der Waals surface area (Å²) in [5, 5.41) is 0. The molecule has 118 valence electrons.